The van der Waals surface area contributed by atoms with Gasteiger partial charge in [-0.25, -0.2) is 0 Å². The second-order valence-electron chi connectivity index (χ2n) is 4.07. The average Bonchev–Trinajstić information content (AvgIpc) is 2.35. The van der Waals surface area contributed by atoms with Gasteiger partial charge in [0.1, 0.15) is 0 Å². The van der Waals surface area contributed by atoms with Crippen LogP contribution in [0.5, 0.6) is 0 Å². The van der Waals surface area contributed by atoms with Gasteiger partial charge in [0, 0.05) is 11.6 Å². The van der Waals surface area contributed by atoms with E-state index in [4.69, 9.17) is 0 Å². The van der Waals surface area contributed by atoms with Crippen LogP contribution in [0.1, 0.15) is 29.8 Å². The standard InChI is InChI=1S/C12H16N4O2/c1-9(2)14-12(17)11-6-4-10(5-7-11)8-13-16(3)15-18/h4-9H,1-3H3,(H,14,17). The molecular weight excluding hydrogens is 232 g/mol. The molecule has 0 unspecified atom stereocenters. The lowest BCUT2D eigenvalue weighted by atomic mass is 10.1. The zero-order valence-electron chi connectivity index (χ0n) is 10.6. The molecule has 18 heavy (non-hydrogen) atoms. The topological polar surface area (TPSA) is 74.1 Å². The van der Waals surface area contributed by atoms with Gasteiger partial charge in [-0.3, -0.25) is 4.79 Å². The summed E-state index contributed by atoms with van der Waals surface area (Å²) >= 11 is 0. The number of carbonyl (C=O) groups excluding carboxylic acids is 1. The van der Waals surface area contributed by atoms with Gasteiger partial charge in [0.2, 0.25) is 0 Å². The van der Waals surface area contributed by atoms with E-state index in [2.05, 4.69) is 15.7 Å². The summed E-state index contributed by atoms with van der Waals surface area (Å²) in [6.45, 7) is 3.81. The van der Waals surface area contributed by atoms with Gasteiger partial charge in [0.05, 0.1) is 18.5 Å². The summed E-state index contributed by atoms with van der Waals surface area (Å²) in [6, 6.07) is 7.00. The van der Waals surface area contributed by atoms with Crippen molar-refractivity contribution in [2.75, 3.05) is 7.05 Å². The molecule has 1 amide bonds. The minimum absolute atomic E-state index is 0.103. The first kappa shape index (κ1) is 13.8. The smallest absolute Gasteiger partial charge is 0.251 e. The number of benzene rings is 1. The van der Waals surface area contributed by atoms with Gasteiger partial charge < -0.3 is 5.32 Å². The zero-order chi connectivity index (χ0) is 13.5. The van der Waals surface area contributed by atoms with Crippen molar-refractivity contribution in [1.82, 2.24) is 10.4 Å². The minimum Gasteiger partial charge on any atom is -0.350 e. The van der Waals surface area contributed by atoms with Crippen LogP contribution in [0.25, 0.3) is 0 Å². The number of nitroso groups, excluding NO2 is 1. The maximum Gasteiger partial charge on any atom is 0.251 e. The minimum atomic E-state index is -0.111. The predicted molar refractivity (Wildman–Crippen MR) is 70.2 cm³/mol. The molecule has 0 radical (unpaired) electrons. The van der Waals surface area contributed by atoms with E-state index in [0.29, 0.717) is 5.56 Å². The highest BCUT2D eigenvalue weighted by molar-refractivity contribution is 5.95. The first-order valence-corrected chi connectivity index (χ1v) is 5.55. The summed E-state index contributed by atoms with van der Waals surface area (Å²) in [4.78, 5) is 21.8. The maximum absolute atomic E-state index is 11.7. The van der Waals surface area contributed by atoms with Crippen molar-refractivity contribution in [3.8, 4) is 0 Å². The van der Waals surface area contributed by atoms with Crippen LogP contribution < -0.4 is 5.32 Å². The maximum atomic E-state index is 11.7. The molecule has 1 aromatic carbocycles. The summed E-state index contributed by atoms with van der Waals surface area (Å²) in [5.41, 5.74) is 1.37. The predicted octanol–water partition coefficient (Wildman–Crippen LogP) is 1.77. The van der Waals surface area contributed by atoms with Gasteiger partial charge in [0.25, 0.3) is 5.91 Å². The van der Waals surface area contributed by atoms with Crippen LogP contribution >= 0.6 is 0 Å². The summed E-state index contributed by atoms with van der Waals surface area (Å²) in [6.07, 6.45) is 1.49. The molecule has 0 spiro atoms. The van der Waals surface area contributed by atoms with Crippen LogP contribution in [-0.2, 0) is 0 Å². The van der Waals surface area contributed by atoms with Crippen molar-refractivity contribution in [2.45, 2.75) is 19.9 Å². The monoisotopic (exact) mass is 248 g/mol. The molecule has 6 heteroatoms. The Kier molecular flexibility index (Phi) is 4.98. The van der Waals surface area contributed by atoms with Crippen LogP contribution in [0.2, 0.25) is 0 Å². The van der Waals surface area contributed by atoms with Gasteiger partial charge in [0.15, 0.2) is 0 Å². The van der Waals surface area contributed by atoms with Crippen LogP contribution in [0.4, 0.5) is 0 Å². The fourth-order valence-electron chi connectivity index (χ4n) is 1.24. The van der Waals surface area contributed by atoms with E-state index in [1.54, 1.807) is 24.3 Å². The Morgan fingerprint density at radius 3 is 2.44 bits per heavy atom. The molecule has 0 bridgehead atoms. The normalized spacial score (nSPS) is 10.7. The van der Waals surface area contributed by atoms with Gasteiger partial charge in [-0.15, -0.1) is 4.91 Å². The number of nitrogens with zero attached hydrogens (tertiary/aromatic N) is 3. The molecular formula is C12H16N4O2. The number of nitrogens with one attached hydrogen (secondary N) is 1. The average molecular weight is 248 g/mol. The van der Waals surface area contributed by atoms with Crippen molar-refractivity contribution >= 4 is 12.1 Å². The molecule has 0 saturated carbocycles. The lowest BCUT2D eigenvalue weighted by Crippen LogP contribution is -2.29. The summed E-state index contributed by atoms with van der Waals surface area (Å²) in [5, 5.41) is 10.1. The van der Waals surface area contributed by atoms with E-state index in [1.807, 2.05) is 13.8 Å². The fraction of sp³-hybridized carbons (Fsp3) is 0.333. The third-order valence-electron chi connectivity index (χ3n) is 2.08. The Morgan fingerprint density at radius 1 is 1.33 bits per heavy atom. The number of hydrogen-bond acceptors (Lipinski definition) is 4. The van der Waals surface area contributed by atoms with Gasteiger partial charge in [-0.2, -0.15) is 10.2 Å². The summed E-state index contributed by atoms with van der Waals surface area (Å²) < 4.78 is 0. The van der Waals surface area contributed by atoms with E-state index in [1.165, 1.54) is 13.3 Å². The largest absolute Gasteiger partial charge is 0.350 e. The SMILES string of the molecule is CC(C)NC(=O)c1ccc(C=NN(C)N=O)cc1. The third kappa shape index (κ3) is 4.32. The van der Waals surface area contributed by atoms with Crippen LogP contribution in [0.15, 0.2) is 34.7 Å². The van der Waals surface area contributed by atoms with Crippen LogP contribution in [0, 0.1) is 4.91 Å². The number of hydrogen-bond donors (Lipinski definition) is 1. The first-order valence-electron chi connectivity index (χ1n) is 5.55. The van der Waals surface area contributed by atoms with Crippen molar-refractivity contribution < 1.29 is 4.79 Å². The van der Waals surface area contributed by atoms with Crippen molar-refractivity contribution in [3.63, 3.8) is 0 Å². The van der Waals surface area contributed by atoms with Gasteiger partial charge in [-0.1, -0.05) is 12.1 Å². The highest BCUT2D eigenvalue weighted by atomic mass is 16.3. The molecule has 0 fully saturated rings. The Hall–Kier alpha value is -2.24. The van der Waals surface area contributed by atoms with Crippen LogP contribution in [-0.4, -0.2) is 30.3 Å². The summed E-state index contributed by atoms with van der Waals surface area (Å²) in [5.74, 6) is -0.111. The molecule has 0 aliphatic carbocycles. The Bertz CT molecular complexity index is 440. The van der Waals surface area contributed by atoms with E-state index in [9.17, 15) is 9.70 Å². The molecule has 1 aromatic rings. The van der Waals surface area contributed by atoms with Crippen LogP contribution in [0.3, 0.4) is 0 Å². The molecule has 6 nitrogen and oxygen atoms in total. The van der Waals surface area contributed by atoms with E-state index in [0.717, 1.165) is 10.7 Å². The lowest BCUT2D eigenvalue weighted by Gasteiger charge is -2.08. The lowest BCUT2D eigenvalue weighted by molar-refractivity contribution is 0.0943. The molecule has 0 atom stereocenters. The molecule has 96 valence electrons. The summed E-state index contributed by atoms with van der Waals surface area (Å²) in [7, 11) is 1.44. The highest BCUT2D eigenvalue weighted by Crippen LogP contribution is 2.03. The first-order chi connectivity index (χ1) is 8.52. The molecule has 0 aliphatic heterocycles. The number of rotatable bonds is 5. The van der Waals surface area contributed by atoms with Crippen molar-refractivity contribution in [2.24, 2.45) is 10.4 Å². The second kappa shape index (κ2) is 6.48. The number of hydrazone groups is 1. The quantitative estimate of drug-likeness (QED) is 0.490. The second-order valence-corrected chi connectivity index (χ2v) is 4.07. The highest BCUT2D eigenvalue weighted by Gasteiger charge is 2.05. The van der Waals surface area contributed by atoms with Gasteiger partial charge in [-0.05, 0) is 31.5 Å². The van der Waals surface area contributed by atoms with E-state index >= 15 is 0 Å². The number of carbonyl (C=O) groups is 1. The third-order valence-corrected chi connectivity index (χ3v) is 2.08. The number of amides is 1. The Morgan fingerprint density at radius 2 is 1.94 bits per heavy atom. The fourth-order valence-corrected chi connectivity index (χ4v) is 1.24. The molecule has 0 saturated heterocycles. The molecule has 0 heterocycles. The molecule has 0 aliphatic rings. The molecule has 1 rings (SSSR count). The van der Waals surface area contributed by atoms with E-state index in [-0.39, 0.29) is 11.9 Å². The Labute approximate surface area is 106 Å². The van der Waals surface area contributed by atoms with Crippen molar-refractivity contribution in [1.29, 1.82) is 0 Å². The van der Waals surface area contributed by atoms with E-state index < -0.39 is 0 Å². The van der Waals surface area contributed by atoms with Gasteiger partial charge >= 0.3 is 0 Å². The molecule has 1 N–H and O–H groups in total. The Balaban J connectivity index is 2.71. The molecule has 0 aromatic heterocycles. The zero-order valence-corrected chi connectivity index (χ0v) is 10.6. The van der Waals surface area contributed by atoms with Crippen molar-refractivity contribution in [3.05, 3.63) is 40.3 Å².